The van der Waals surface area contributed by atoms with E-state index < -0.39 is 0 Å². The number of nitrogens with one attached hydrogen (secondary N) is 2. The Hall–Kier alpha value is -4.18. The first-order valence-electron chi connectivity index (χ1n) is 13.2. The lowest BCUT2D eigenvalue weighted by Gasteiger charge is -2.26. The molecular weight excluding hydrogens is 492 g/mol. The van der Waals surface area contributed by atoms with Crippen LogP contribution in [-0.2, 0) is 4.79 Å². The van der Waals surface area contributed by atoms with E-state index in [1.54, 1.807) is 13.3 Å². The van der Waals surface area contributed by atoms with Gasteiger partial charge in [-0.2, -0.15) is 4.98 Å². The molecule has 0 saturated heterocycles. The van der Waals surface area contributed by atoms with Crippen molar-refractivity contribution >= 4 is 40.0 Å². The molecule has 1 saturated carbocycles. The van der Waals surface area contributed by atoms with E-state index in [0.717, 1.165) is 35.6 Å². The molecule has 1 aliphatic rings. The average molecular weight is 529 g/mol. The van der Waals surface area contributed by atoms with Crippen LogP contribution in [0.3, 0.4) is 0 Å². The van der Waals surface area contributed by atoms with Gasteiger partial charge in [-0.25, -0.2) is 9.97 Å². The molecular formula is C29H36N8O2. The van der Waals surface area contributed by atoms with Gasteiger partial charge < -0.3 is 25.2 Å². The van der Waals surface area contributed by atoms with Crippen LogP contribution in [0.5, 0.6) is 5.75 Å². The van der Waals surface area contributed by atoms with Crippen LogP contribution in [0, 0.1) is 6.92 Å². The van der Waals surface area contributed by atoms with Crippen molar-refractivity contribution in [2.75, 3.05) is 56.9 Å². The summed E-state index contributed by atoms with van der Waals surface area (Å²) in [5, 5.41) is 6.25. The largest absolute Gasteiger partial charge is 0.494 e. The summed E-state index contributed by atoms with van der Waals surface area (Å²) in [6, 6.07) is 12.2. The normalized spacial score (nSPS) is 13.1. The second-order valence-electron chi connectivity index (χ2n) is 10.4. The number of ether oxygens (including phenoxy) is 1. The highest BCUT2D eigenvalue weighted by Gasteiger charge is 2.24. The Bertz CT molecular complexity index is 1510. The van der Waals surface area contributed by atoms with Crippen LogP contribution < -0.4 is 20.3 Å². The summed E-state index contributed by atoms with van der Waals surface area (Å²) >= 11 is 0. The standard InChI is InChI=1S/C29H36N8O2/c1-18-31-22-15-21(20-7-8-20)9-10-25(22)37(18)28-11-12-30-29(34-28)33-24-16-23(32-19(2)38)26(17-27(24)39-6)36(5)14-13-35(3)4/h9-12,15-17,20H,7-8,13-14H2,1-6H3,(H,32,38)(H,30,33,34). The molecule has 0 radical (unpaired) electrons. The Kier molecular flexibility index (Phi) is 7.38. The van der Waals surface area contributed by atoms with E-state index in [1.165, 1.54) is 25.3 Å². The third-order valence-corrected chi connectivity index (χ3v) is 6.93. The minimum atomic E-state index is -0.154. The molecule has 1 fully saturated rings. The molecule has 1 aliphatic carbocycles. The summed E-state index contributed by atoms with van der Waals surface area (Å²) in [5.41, 5.74) is 5.51. The molecule has 0 spiro atoms. The van der Waals surface area contributed by atoms with E-state index in [1.807, 2.05) is 50.8 Å². The highest BCUT2D eigenvalue weighted by Crippen LogP contribution is 2.41. The molecule has 2 N–H and O–H groups in total. The van der Waals surface area contributed by atoms with E-state index >= 15 is 0 Å². The van der Waals surface area contributed by atoms with E-state index in [-0.39, 0.29) is 5.91 Å². The van der Waals surface area contributed by atoms with Gasteiger partial charge in [0.25, 0.3) is 0 Å². The van der Waals surface area contributed by atoms with Gasteiger partial charge in [0.05, 0.1) is 35.2 Å². The van der Waals surface area contributed by atoms with Crippen molar-refractivity contribution < 1.29 is 9.53 Å². The van der Waals surface area contributed by atoms with E-state index in [9.17, 15) is 4.79 Å². The summed E-state index contributed by atoms with van der Waals surface area (Å²) in [7, 11) is 7.68. The molecule has 5 rings (SSSR count). The molecule has 2 aromatic carbocycles. The number of rotatable bonds is 10. The molecule has 2 heterocycles. The molecule has 0 unspecified atom stereocenters. The zero-order chi connectivity index (χ0) is 27.7. The molecule has 4 aromatic rings. The Morgan fingerprint density at radius 1 is 1.08 bits per heavy atom. The lowest BCUT2D eigenvalue weighted by molar-refractivity contribution is -0.114. The number of aryl methyl sites for hydroxylation is 1. The number of hydrogen-bond acceptors (Lipinski definition) is 8. The molecule has 0 aliphatic heterocycles. The van der Waals surface area contributed by atoms with Crippen molar-refractivity contribution in [1.82, 2.24) is 24.4 Å². The van der Waals surface area contributed by atoms with Crippen LogP contribution in [0.25, 0.3) is 16.9 Å². The summed E-state index contributed by atoms with van der Waals surface area (Å²) in [4.78, 5) is 30.3. The number of methoxy groups -OCH3 is 1. The number of anilines is 4. The monoisotopic (exact) mass is 528 g/mol. The molecule has 2 aromatic heterocycles. The lowest BCUT2D eigenvalue weighted by Crippen LogP contribution is -2.29. The first-order valence-corrected chi connectivity index (χ1v) is 13.2. The SMILES string of the molecule is COc1cc(N(C)CCN(C)C)c(NC(C)=O)cc1Nc1nccc(-n2c(C)nc3cc(C4CC4)ccc32)n1. The molecule has 1 amide bonds. The van der Waals surface area contributed by atoms with Crippen molar-refractivity contribution in [3.05, 3.63) is 54.0 Å². The third-order valence-electron chi connectivity index (χ3n) is 6.93. The van der Waals surface area contributed by atoms with E-state index in [2.05, 4.69) is 43.6 Å². The predicted molar refractivity (Wildman–Crippen MR) is 156 cm³/mol. The number of aromatic nitrogens is 4. The minimum absolute atomic E-state index is 0.154. The topological polar surface area (TPSA) is 100 Å². The van der Waals surface area contributed by atoms with E-state index in [0.29, 0.717) is 34.8 Å². The summed E-state index contributed by atoms with van der Waals surface area (Å²) in [6.07, 6.45) is 4.23. The van der Waals surface area contributed by atoms with Gasteiger partial charge in [0.1, 0.15) is 17.4 Å². The Morgan fingerprint density at radius 2 is 1.87 bits per heavy atom. The maximum absolute atomic E-state index is 12.0. The fraction of sp³-hybridized carbons (Fsp3) is 0.379. The van der Waals surface area contributed by atoms with Gasteiger partial charge in [0, 0.05) is 39.3 Å². The number of fused-ring (bicyclic) bond motifs is 1. The first-order chi connectivity index (χ1) is 18.7. The molecule has 39 heavy (non-hydrogen) atoms. The van der Waals surface area contributed by atoms with Crippen LogP contribution >= 0.6 is 0 Å². The molecule has 0 atom stereocenters. The van der Waals surface area contributed by atoms with Crippen LogP contribution in [-0.4, -0.2) is 71.7 Å². The molecule has 204 valence electrons. The molecule has 0 bridgehead atoms. The quantitative estimate of drug-likeness (QED) is 0.305. The number of benzene rings is 2. The van der Waals surface area contributed by atoms with Crippen molar-refractivity contribution in [3.8, 4) is 11.6 Å². The van der Waals surface area contributed by atoms with Crippen LogP contribution in [0.4, 0.5) is 23.0 Å². The number of carbonyl (C=O) groups is 1. The Morgan fingerprint density at radius 3 is 2.56 bits per heavy atom. The highest BCUT2D eigenvalue weighted by molar-refractivity contribution is 5.95. The number of imidazole rings is 1. The number of carbonyl (C=O) groups excluding carboxylic acids is 1. The van der Waals surface area contributed by atoms with Gasteiger partial charge in [-0.1, -0.05) is 6.07 Å². The number of likely N-dealkylation sites (N-methyl/N-ethyl adjacent to an activating group) is 2. The molecule has 10 heteroatoms. The van der Waals surface area contributed by atoms with Gasteiger partial charge in [-0.3, -0.25) is 9.36 Å². The Labute approximate surface area is 229 Å². The van der Waals surface area contributed by atoms with Crippen molar-refractivity contribution in [3.63, 3.8) is 0 Å². The molecule has 10 nitrogen and oxygen atoms in total. The summed E-state index contributed by atoms with van der Waals surface area (Å²) in [6.45, 7) is 5.13. The van der Waals surface area contributed by atoms with Gasteiger partial charge in [-0.05, 0) is 69.6 Å². The van der Waals surface area contributed by atoms with Crippen LogP contribution in [0.15, 0.2) is 42.6 Å². The van der Waals surface area contributed by atoms with Crippen LogP contribution in [0.2, 0.25) is 0 Å². The van der Waals surface area contributed by atoms with Crippen molar-refractivity contribution in [2.45, 2.75) is 32.6 Å². The second kappa shape index (κ2) is 10.9. The van der Waals surface area contributed by atoms with Gasteiger partial charge >= 0.3 is 0 Å². The maximum Gasteiger partial charge on any atom is 0.229 e. The highest BCUT2D eigenvalue weighted by atomic mass is 16.5. The Balaban J connectivity index is 1.48. The summed E-state index contributed by atoms with van der Waals surface area (Å²) in [5.74, 6) is 3.11. The lowest BCUT2D eigenvalue weighted by atomic mass is 10.1. The number of amides is 1. The number of nitrogens with zero attached hydrogens (tertiary/aromatic N) is 6. The zero-order valence-corrected chi connectivity index (χ0v) is 23.4. The second-order valence-corrected chi connectivity index (χ2v) is 10.4. The van der Waals surface area contributed by atoms with Gasteiger partial charge in [-0.15, -0.1) is 0 Å². The van der Waals surface area contributed by atoms with E-state index in [4.69, 9.17) is 14.7 Å². The fourth-order valence-electron chi connectivity index (χ4n) is 4.74. The smallest absolute Gasteiger partial charge is 0.229 e. The summed E-state index contributed by atoms with van der Waals surface area (Å²) < 4.78 is 7.77. The number of hydrogen-bond donors (Lipinski definition) is 2. The fourth-order valence-corrected chi connectivity index (χ4v) is 4.74. The maximum atomic E-state index is 12.0. The van der Waals surface area contributed by atoms with Crippen molar-refractivity contribution in [1.29, 1.82) is 0 Å². The minimum Gasteiger partial charge on any atom is -0.494 e. The average Bonchev–Trinajstić information content (AvgIpc) is 3.69. The van der Waals surface area contributed by atoms with Gasteiger partial charge in [0.15, 0.2) is 0 Å². The van der Waals surface area contributed by atoms with Gasteiger partial charge in [0.2, 0.25) is 11.9 Å². The third kappa shape index (κ3) is 5.80. The zero-order valence-electron chi connectivity index (χ0n) is 23.4. The first kappa shape index (κ1) is 26.4. The predicted octanol–water partition coefficient (Wildman–Crippen LogP) is 4.71. The van der Waals surface area contributed by atoms with Crippen LogP contribution in [0.1, 0.15) is 37.1 Å². The van der Waals surface area contributed by atoms with Crippen molar-refractivity contribution in [2.24, 2.45) is 0 Å².